The van der Waals surface area contributed by atoms with Crippen molar-refractivity contribution < 1.29 is 0 Å². The van der Waals surface area contributed by atoms with Crippen molar-refractivity contribution in [3.63, 3.8) is 0 Å². The molecule has 0 saturated heterocycles. The van der Waals surface area contributed by atoms with Crippen molar-refractivity contribution in [2.45, 2.75) is 6.42 Å². The predicted molar refractivity (Wildman–Crippen MR) is 76.5 cm³/mol. The van der Waals surface area contributed by atoms with Gasteiger partial charge in [0.25, 0.3) is 0 Å². The first-order valence-electron chi connectivity index (χ1n) is 6.09. The summed E-state index contributed by atoms with van der Waals surface area (Å²) < 4.78 is 0. The summed E-state index contributed by atoms with van der Waals surface area (Å²) in [5.74, 6) is 0.545. The highest BCUT2D eigenvalue weighted by atomic mass is 15.2. The van der Waals surface area contributed by atoms with Crippen LogP contribution < -0.4 is 10.6 Å². The number of hydrogen-bond donors (Lipinski definition) is 2. The summed E-state index contributed by atoms with van der Waals surface area (Å²) in [6.07, 6.45) is 2.54. The van der Waals surface area contributed by atoms with Gasteiger partial charge in [0.1, 0.15) is 11.5 Å². The van der Waals surface area contributed by atoms with Gasteiger partial charge < -0.3 is 10.6 Å². The Balaban J connectivity index is 2.02. The molecule has 5 nitrogen and oxygen atoms in total. The smallest absolute Gasteiger partial charge is 0.225 e. The van der Waals surface area contributed by atoms with E-state index < -0.39 is 0 Å². The number of nitrogens with zero attached hydrogens (tertiary/aromatic N) is 3. The van der Waals surface area contributed by atoms with E-state index in [2.05, 4.69) is 22.1 Å². The Morgan fingerprint density at radius 1 is 1.26 bits per heavy atom. The lowest BCUT2D eigenvalue weighted by atomic mass is 10.1. The topological polar surface area (TPSA) is 78.9 Å². The first-order chi connectivity index (χ1) is 9.16. The maximum absolute atomic E-state index is 7.38. The number of nitrogens with one attached hydrogen (secondary N) is 1. The molecule has 2 rings (SSSR count). The molecule has 0 aliphatic heterocycles. The average Bonchev–Trinajstić information content (AvgIpc) is 2.46. The van der Waals surface area contributed by atoms with Crippen molar-refractivity contribution in [1.82, 2.24) is 9.97 Å². The van der Waals surface area contributed by atoms with Gasteiger partial charge in [-0.15, -0.1) is 0 Å². The monoisotopic (exact) mass is 255 g/mol. The van der Waals surface area contributed by atoms with Crippen LogP contribution in [0.15, 0.2) is 42.6 Å². The molecule has 0 saturated carbocycles. The minimum Gasteiger partial charge on any atom is -0.382 e. The predicted octanol–water partition coefficient (Wildman–Crippen LogP) is 1.44. The molecule has 0 amide bonds. The van der Waals surface area contributed by atoms with Crippen molar-refractivity contribution in [3.05, 3.63) is 53.9 Å². The van der Waals surface area contributed by atoms with Gasteiger partial charge in [0.15, 0.2) is 0 Å². The molecule has 0 spiro atoms. The van der Waals surface area contributed by atoms with Gasteiger partial charge in [-0.1, -0.05) is 30.3 Å². The summed E-state index contributed by atoms with van der Waals surface area (Å²) in [7, 11) is 1.93. The number of anilines is 1. The average molecular weight is 255 g/mol. The van der Waals surface area contributed by atoms with E-state index in [9.17, 15) is 0 Å². The fourth-order valence-corrected chi connectivity index (χ4v) is 1.72. The lowest BCUT2D eigenvalue weighted by Crippen LogP contribution is -2.24. The molecule has 0 aliphatic carbocycles. The molecule has 98 valence electrons. The van der Waals surface area contributed by atoms with Crippen molar-refractivity contribution in [2.24, 2.45) is 5.73 Å². The number of nitrogen functional groups attached to an aromatic ring is 1. The Hall–Kier alpha value is -2.43. The van der Waals surface area contributed by atoms with Gasteiger partial charge in [-0.2, -0.15) is 0 Å². The number of benzene rings is 1. The summed E-state index contributed by atoms with van der Waals surface area (Å²) in [4.78, 5) is 10.4. The summed E-state index contributed by atoms with van der Waals surface area (Å²) in [5.41, 5.74) is 7.15. The Morgan fingerprint density at radius 2 is 2.00 bits per heavy atom. The highest BCUT2D eigenvalue weighted by Gasteiger charge is 2.06. The number of aromatic nitrogens is 2. The molecule has 19 heavy (non-hydrogen) atoms. The van der Waals surface area contributed by atoms with Crippen molar-refractivity contribution >= 4 is 11.8 Å². The maximum atomic E-state index is 7.38. The van der Waals surface area contributed by atoms with Crippen LogP contribution in [0.4, 0.5) is 5.95 Å². The standard InChI is InChI=1S/C14H17N5/c1-19(10-8-11-5-3-2-4-6-11)14-17-9-7-12(18-14)13(15)16/h2-7,9H,8,10H2,1H3,(H3,15,16). The fourth-order valence-electron chi connectivity index (χ4n) is 1.72. The van der Waals surface area contributed by atoms with Crippen molar-refractivity contribution in [2.75, 3.05) is 18.5 Å². The van der Waals surface area contributed by atoms with Gasteiger partial charge in [0.2, 0.25) is 5.95 Å². The van der Waals surface area contributed by atoms with E-state index >= 15 is 0 Å². The SMILES string of the molecule is CN(CCc1ccccc1)c1nccc(C(=N)N)n1. The van der Waals surface area contributed by atoms with Gasteiger partial charge >= 0.3 is 0 Å². The molecule has 3 N–H and O–H groups in total. The van der Waals surface area contributed by atoms with E-state index in [0.717, 1.165) is 13.0 Å². The fraction of sp³-hybridized carbons (Fsp3) is 0.214. The van der Waals surface area contributed by atoms with E-state index in [1.165, 1.54) is 5.56 Å². The van der Waals surface area contributed by atoms with E-state index in [0.29, 0.717) is 11.6 Å². The highest BCUT2D eigenvalue weighted by Crippen LogP contribution is 2.07. The Kier molecular flexibility index (Phi) is 4.07. The largest absolute Gasteiger partial charge is 0.382 e. The van der Waals surface area contributed by atoms with Crippen molar-refractivity contribution in [3.8, 4) is 0 Å². The molecule has 0 bridgehead atoms. The molecule has 1 aromatic carbocycles. The van der Waals surface area contributed by atoms with Crippen LogP contribution in [0.1, 0.15) is 11.3 Å². The zero-order chi connectivity index (χ0) is 13.7. The van der Waals surface area contributed by atoms with Crippen LogP contribution in [0.5, 0.6) is 0 Å². The molecular formula is C14H17N5. The molecule has 0 aliphatic rings. The van der Waals surface area contributed by atoms with E-state index in [1.807, 2.05) is 30.1 Å². The molecule has 1 aromatic heterocycles. The molecule has 0 atom stereocenters. The second-order valence-corrected chi connectivity index (χ2v) is 4.31. The molecule has 2 aromatic rings. The van der Waals surface area contributed by atoms with Gasteiger partial charge in [0, 0.05) is 19.8 Å². The highest BCUT2D eigenvalue weighted by molar-refractivity contribution is 5.93. The van der Waals surface area contributed by atoms with E-state index in [4.69, 9.17) is 11.1 Å². The number of hydrogen-bond acceptors (Lipinski definition) is 4. The quantitative estimate of drug-likeness (QED) is 0.626. The molecule has 0 radical (unpaired) electrons. The molecular weight excluding hydrogens is 238 g/mol. The summed E-state index contributed by atoms with van der Waals surface area (Å²) in [6.45, 7) is 0.811. The number of rotatable bonds is 5. The maximum Gasteiger partial charge on any atom is 0.225 e. The van der Waals surface area contributed by atoms with E-state index in [1.54, 1.807) is 12.3 Å². The third-order valence-corrected chi connectivity index (χ3v) is 2.84. The normalized spacial score (nSPS) is 10.2. The van der Waals surface area contributed by atoms with Crippen molar-refractivity contribution in [1.29, 1.82) is 5.41 Å². The van der Waals surface area contributed by atoms with E-state index in [-0.39, 0.29) is 5.84 Å². The minimum absolute atomic E-state index is 0.0416. The van der Waals surface area contributed by atoms with Crippen LogP contribution in [-0.2, 0) is 6.42 Å². The van der Waals surface area contributed by atoms with Crippen LogP contribution in [0, 0.1) is 5.41 Å². The minimum atomic E-state index is -0.0416. The summed E-state index contributed by atoms with van der Waals surface area (Å²) in [5, 5.41) is 7.38. The zero-order valence-corrected chi connectivity index (χ0v) is 10.9. The molecule has 0 unspecified atom stereocenters. The van der Waals surface area contributed by atoms with Crippen LogP contribution in [0.2, 0.25) is 0 Å². The van der Waals surface area contributed by atoms with Gasteiger partial charge in [-0.3, -0.25) is 5.41 Å². The van der Waals surface area contributed by atoms with Gasteiger partial charge in [0.05, 0.1) is 0 Å². The van der Waals surface area contributed by atoms with Gasteiger partial charge in [-0.05, 0) is 18.1 Å². The lowest BCUT2D eigenvalue weighted by molar-refractivity contribution is 0.836. The first-order valence-corrected chi connectivity index (χ1v) is 6.09. The van der Waals surface area contributed by atoms with Crippen LogP contribution in [0.3, 0.4) is 0 Å². The summed E-state index contributed by atoms with van der Waals surface area (Å²) in [6, 6.07) is 11.9. The van der Waals surface area contributed by atoms with Crippen LogP contribution in [0.25, 0.3) is 0 Å². The third kappa shape index (κ3) is 3.51. The summed E-state index contributed by atoms with van der Waals surface area (Å²) >= 11 is 0. The molecule has 0 fully saturated rings. The second-order valence-electron chi connectivity index (χ2n) is 4.31. The number of likely N-dealkylation sites (N-methyl/N-ethyl adjacent to an activating group) is 1. The number of amidine groups is 1. The van der Waals surface area contributed by atoms with Crippen LogP contribution >= 0.6 is 0 Å². The Bertz CT molecular complexity index is 553. The second kappa shape index (κ2) is 5.95. The Labute approximate surface area is 112 Å². The van der Waals surface area contributed by atoms with Gasteiger partial charge in [-0.25, -0.2) is 9.97 Å². The molecule has 5 heteroatoms. The Morgan fingerprint density at radius 3 is 2.68 bits per heavy atom. The lowest BCUT2D eigenvalue weighted by Gasteiger charge is -2.17. The molecule has 1 heterocycles. The number of nitrogens with two attached hydrogens (primary N) is 1. The zero-order valence-electron chi connectivity index (χ0n) is 10.9. The third-order valence-electron chi connectivity index (χ3n) is 2.84. The first kappa shape index (κ1) is 13.0. The van der Waals surface area contributed by atoms with Crippen LogP contribution in [-0.4, -0.2) is 29.4 Å².